The van der Waals surface area contributed by atoms with Crippen LogP contribution in [0, 0.1) is 5.82 Å². The fourth-order valence-corrected chi connectivity index (χ4v) is 8.55. The number of benzene rings is 4. The summed E-state index contributed by atoms with van der Waals surface area (Å²) in [6, 6.07) is 22.9. The van der Waals surface area contributed by atoms with Crippen LogP contribution in [-0.4, -0.2) is 56.7 Å². The van der Waals surface area contributed by atoms with E-state index in [4.69, 9.17) is 32.9 Å². The third-order valence-electron chi connectivity index (χ3n) is 10.2. The molecular formula is C36H29Cl2FN4O4. The van der Waals surface area contributed by atoms with Gasteiger partial charge in [-0.25, -0.2) is 14.2 Å². The maximum atomic E-state index is 16.3. The standard InChI is InChI=1S/C36H29Cl2FN4O4/c1-47-23-5-2-4-19(14-23)12-13-43-29-18-42-28-11-9-20(34(44)45)15-27(28)40-33(42)30(29)31(24-6-3-7-25(38)32(24)39)36(43)17-21-8-10-22(37)16-26(21)41-35(36)46/h2-11,14-16,29-31H,12-13,17-18H2,1H3,(H,41,46)(H,44,45)/t29-,30+,31-,36+/m0/s1. The van der Waals surface area contributed by atoms with Gasteiger partial charge in [0.25, 0.3) is 0 Å². The minimum absolute atomic E-state index is 0.0231. The summed E-state index contributed by atoms with van der Waals surface area (Å²) in [6.45, 7) is 0.984. The van der Waals surface area contributed by atoms with Crippen LogP contribution >= 0.6 is 23.2 Å². The Bertz CT molecular complexity index is 2120. The van der Waals surface area contributed by atoms with Crippen molar-refractivity contribution in [3.63, 3.8) is 0 Å². The van der Waals surface area contributed by atoms with Crippen molar-refractivity contribution in [2.75, 3.05) is 19.0 Å². The highest BCUT2D eigenvalue weighted by Gasteiger charge is 2.67. The van der Waals surface area contributed by atoms with E-state index in [0.29, 0.717) is 53.5 Å². The van der Waals surface area contributed by atoms with E-state index in [-0.39, 0.29) is 22.5 Å². The number of halogens is 3. The van der Waals surface area contributed by atoms with Crippen LogP contribution in [0.4, 0.5) is 10.1 Å². The topological polar surface area (TPSA) is 96.7 Å². The van der Waals surface area contributed by atoms with Crippen molar-refractivity contribution in [1.29, 1.82) is 0 Å². The summed E-state index contributed by atoms with van der Waals surface area (Å²) >= 11 is 12.8. The van der Waals surface area contributed by atoms with Crippen molar-refractivity contribution < 1.29 is 23.8 Å². The molecule has 8 rings (SSSR count). The van der Waals surface area contributed by atoms with Crippen molar-refractivity contribution in [1.82, 2.24) is 14.5 Å². The second kappa shape index (κ2) is 11.1. The van der Waals surface area contributed by atoms with Gasteiger partial charge in [0.05, 0.1) is 28.7 Å². The molecule has 0 aliphatic carbocycles. The molecule has 0 unspecified atom stereocenters. The molecule has 5 aromatic rings. The number of amides is 1. The molecule has 1 spiro atoms. The summed E-state index contributed by atoms with van der Waals surface area (Å²) in [7, 11) is 1.63. The van der Waals surface area contributed by atoms with E-state index < -0.39 is 29.2 Å². The molecule has 0 bridgehead atoms. The van der Waals surface area contributed by atoms with Gasteiger partial charge < -0.3 is 19.7 Å². The number of carboxylic acids is 1. The Morgan fingerprint density at radius 2 is 1.94 bits per heavy atom. The maximum Gasteiger partial charge on any atom is 0.335 e. The molecule has 0 saturated carbocycles. The second-order valence-corrected chi connectivity index (χ2v) is 13.3. The first-order valence-electron chi connectivity index (χ1n) is 15.4. The van der Waals surface area contributed by atoms with Crippen LogP contribution in [0.3, 0.4) is 0 Å². The van der Waals surface area contributed by atoms with Gasteiger partial charge in [0, 0.05) is 48.1 Å². The molecule has 47 heavy (non-hydrogen) atoms. The lowest BCUT2D eigenvalue weighted by Crippen LogP contribution is -2.61. The number of anilines is 1. The summed E-state index contributed by atoms with van der Waals surface area (Å²) in [5.41, 5.74) is 3.17. The number of aromatic carboxylic acids is 1. The lowest BCUT2D eigenvalue weighted by molar-refractivity contribution is -0.129. The molecule has 11 heteroatoms. The zero-order chi connectivity index (χ0) is 32.6. The van der Waals surface area contributed by atoms with Crippen LogP contribution < -0.4 is 10.1 Å². The van der Waals surface area contributed by atoms with Gasteiger partial charge in [-0.3, -0.25) is 9.69 Å². The van der Waals surface area contributed by atoms with Gasteiger partial charge in [-0.05, 0) is 71.6 Å². The molecule has 8 nitrogen and oxygen atoms in total. The zero-order valence-corrected chi connectivity index (χ0v) is 26.7. The Morgan fingerprint density at radius 3 is 2.74 bits per heavy atom. The molecule has 1 saturated heterocycles. The minimum atomic E-state index is -1.21. The smallest absolute Gasteiger partial charge is 0.335 e. The van der Waals surface area contributed by atoms with Crippen LogP contribution in [0.15, 0.2) is 78.9 Å². The molecule has 0 radical (unpaired) electrons. The molecule has 4 heterocycles. The Labute approximate surface area is 279 Å². The van der Waals surface area contributed by atoms with E-state index >= 15 is 4.39 Å². The van der Waals surface area contributed by atoms with Crippen molar-refractivity contribution >= 4 is 51.8 Å². The number of hydrogen-bond donors (Lipinski definition) is 2. The SMILES string of the molecule is COc1cccc(CCN2[C@H]3Cn4c(nc5cc(C(=O)O)ccc54)[C@H]3[C@H](c3cccc(Cl)c3F)[C@@]23Cc2ccc(Cl)cc2NC3=O)c1. The number of carbonyl (C=O) groups excluding carboxylic acids is 1. The number of hydrogen-bond acceptors (Lipinski definition) is 5. The lowest BCUT2D eigenvalue weighted by atomic mass is 9.69. The van der Waals surface area contributed by atoms with Crippen molar-refractivity contribution in [3.05, 3.63) is 123 Å². The number of aromatic nitrogens is 2. The molecular weight excluding hydrogens is 642 g/mol. The van der Waals surface area contributed by atoms with Gasteiger partial charge >= 0.3 is 5.97 Å². The average Bonchev–Trinajstić information content (AvgIpc) is 3.67. The number of carbonyl (C=O) groups is 2. The number of likely N-dealkylation sites (tertiary alicyclic amines) is 1. The van der Waals surface area contributed by atoms with E-state index in [1.54, 1.807) is 49.6 Å². The van der Waals surface area contributed by atoms with Crippen LogP contribution in [0.25, 0.3) is 11.0 Å². The van der Waals surface area contributed by atoms with Gasteiger partial charge in [0.15, 0.2) is 0 Å². The van der Waals surface area contributed by atoms with Crippen LogP contribution in [0.1, 0.15) is 44.7 Å². The number of fused-ring (bicyclic) bond motifs is 6. The van der Waals surface area contributed by atoms with Gasteiger partial charge in [0.2, 0.25) is 5.91 Å². The number of methoxy groups -OCH3 is 1. The fourth-order valence-electron chi connectivity index (χ4n) is 8.19. The molecule has 1 amide bonds. The lowest BCUT2D eigenvalue weighted by Gasteiger charge is -2.46. The summed E-state index contributed by atoms with van der Waals surface area (Å²) < 4.78 is 23.9. The summed E-state index contributed by atoms with van der Waals surface area (Å²) in [4.78, 5) is 33.8. The Morgan fingerprint density at radius 1 is 1.11 bits per heavy atom. The van der Waals surface area contributed by atoms with Crippen LogP contribution in [-0.2, 0) is 24.2 Å². The van der Waals surface area contributed by atoms with Gasteiger partial charge in [-0.1, -0.05) is 53.5 Å². The number of nitrogens with one attached hydrogen (secondary N) is 1. The monoisotopic (exact) mass is 670 g/mol. The molecule has 1 aromatic heterocycles. The highest BCUT2D eigenvalue weighted by molar-refractivity contribution is 6.31. The normalized spacial score (nSPS) is 23.1. The first-order chi connectivity index (χ1) is 22.7. The Kier molecular flexibility index (Phi) is 7.05. The molecule has 2 N–H and O–H groups in total. The van der Waals surface area contributed by atoms with Gasteiger partial charge in [-0.2, -0.15) is 0 Å². The van der Waals surface area contributed by atoms with Crippen molar-refractivity contribution in [2.24, 2.45) is 0 Å². The Hall–Kier alpha value is -4.44. The molecule has 3 aliphatic heterocycles. The van der Waals surface area contributed by atoms with Crippen LogP contribution in [0.5, 0.6) is 5.75 Å². The maximum absolute atomic E-state index is 16.3. The first-order valence-corrected chi connectivity index (χ1v) is 16.1. The number of carboxylic acid groups (broad SMARTS) is 1. The molecule has 4 aromatic carbocycles. The number of imidazole rings is 1. The summed E-state index contributed by atoms with van der Waals surface area (Å²) in [6.07, 6.45) is 0.926. The van der Waals surface area contributed by atoms with E-state index in [1.165, 1.54) is 6.07 Å². The highest BCUT2D eigenvalue weighted by Crippen LogP contribution is 2.60. The van der Waals surface area contributed by atoms with E-state index in [1.807, 2.05) is 30.3 Å². The third-order valence-corrected chi connectivity index (χ3v) is 10.7. The highest BCUT2D eigenvalue weighted by atomic mass is 35.5. The number of rotatable bonds is 6. The van der Waals surface area contributed by atoms with Gasteiger partial charge in [0.1, 0.15) is 22.9 Å². The van der Waals surface area contributed by atoms with Gasteiger partial charge in [-0.15, -0.1) is 0 Å². The zero-order valence-electron chi connectivity index (χ0n) is 25.2. The number of ether oxygens (including phenoxy) is 1. The second-order valence-electron chi connectivity index (χ2n) is 12.5. The third kappa shape index (κ3) is 4.55. The predicted octanol–water partition coefficient (Wildman–Crippen LogP) is 6.93. The molecule has 3 aliphatic rings. The van der Waals surface area contributed by atoms with Crippen molar-refractivity contribution in [3.8, 4) is 5.75 Å². The minimum Gasteiger partial charge on any atom is -0.497 e. The predicted molar refractivity (Wildman–Crippen MR) is 177 cm³/mol. The fraction of sp³-hybridized carbons (Fsp3) is 0.250. The largest absolute Gasteiger partial charge is 0.497 e. The van der Waals surface area contributed by atoms with Crippen molar-refractivity contribution in [2.45, 2.75) is 42.8 Å². The molecule has 238 valence electrons. The van der Waals surface area contributed by atoms with Crippen LogP contribution in [0.2, 0.25) is 10.0 Å². The Balaban J connectivity index is 1.34. The molecule has 1 fully saturated rings. The van der Waals surface area contributed by atoms with E-state index in [2.05, 4.69) is 14.8 Å². The van der Waals surface area contributed by atoms with E-state index in [9.17, 15) is 14.7 Å². The first kappa shape index (κ1) is 29.9. The average molecular weight is 672 g/mol. The number of nitrogens with zero attached hydrogens (tertiary/aromatic N) is 3. The quantitative estimate of drug-likeness (QED) is 0.203. The summed E-state index contributed by atoms with van der Waals surface area (Å²) in [5.74, 6) is -1.51. The van der Waals surface area contributed by atoms with E-state index in [0.717, 1.165) is 22.4 Å². The summed E-state index contributed by atoms with van der Waals surface area (Å²) in [5, 5.41) is 13.3. The molecule has 4 atom stereocenters.